The van der Waals surface area contributed by atoms with Crippen molar-refractivity contribution in [3.05, 3.63) is 175 Å². The Morgan fingerprint density at radius 2 is 1.17 bits per heavy atom. The van der Waals surface area contributed by atoms with E-state index in [4.69, 9.17) is 0 Å². The number of fused-ring (bicyclic) bond motifs is 17. The topological polar surface area (TPSA) is 8.17 Å². The number of hydrogen-bond acceptors (Lipinski definition) is 2. The largest absolute Gasteiger partial charge is 0.310 e. The fourth-order valence-electron chi connectivity index (χ4n) is 11.2. The Morgan fingerprint density at radius 3 is 2.02 bits per heavy atom. The molecule has 0 atom stereocenters. The maximum Gasteiger partial charge on any atom is 0.252 e. The average molecular weight is 767 g/mol. The van der Waals surface area contributed by atoms with Gasteiger partial charge in [-0.25, -0.2) is 0 Å². The lowest BCUT2D eigenvalue weighted by molar-refractivity contribution is 0.864. The second-order valence-corrected chi connectivity index (χ2v) is 18.0. The number of rotatable bonds is 2. The van der Waals surface area contributed by atoms with Crippen LogP contribution in [0.1, 0.15) is 25.3 Å². The molecule has 3 aliphatic heterocycles. The molecule has 0 bridgehead atoms. The molecule has 3 aliphatic rings. The van der Waals surface area contributed by atoms with Crippen molar-refractivity contribution in [2.45, 2.75) is 29.6 Å². The molecule has 14 rings (SSSR count). The van der Waals surface area contributed by atoms with E-state index in [1.165, 1.54) is 131 Å². The van der Waals surface area contributed by atoms with Crippen LogP contribution in [0, 0.1) is 0 Å². The van der Waals surface area contributed by atoms with E-state index >= 15 is 0 Å². The van der Waals surface area contributed by atoms with Gasteiger partial charge < -0.3 is 9.47 Å². The first kappa shape index (κ1) is 32.2. The molecule has 2 nitrogen and oxygen atoms in total. The third-order valence-corrected chi connectivity index (χ3v) is 14.8. The first-order valence-electron chi connectivity index (χ1n) is 20.8. The minimum Gasteiger partial charge on any atom is -0.310 e. The van der Waals surface area contributed by atoms with Crippen LogP contribution >= 0.6 is 11.8 Å². The van der Waals surface area contributed by atoms with Crippen LogP contribution in [0.5, 0.6) is 0 Å². The van der Waals surface area contributed by atoms with E-state index in [-0.39, 0.29) is 6.71 Å². The molecular formula is C55H35BN2S. The summed E-state index contributed by atoms with van der Waals surface area (Å²) in [5, 5.41) is 13.1. The predicted octanol–water partition coefficient (Wildman–Crippen LogP) is 13.3. The van der Waals surface area contributed by atoms with Gasteiger partial charge in [0.1, 0.15) is 0 Å². The number of hydrogen-bond donors (Lipinski definition) is 0. The van der Waals surface area contributed by atoms with Crippen molar-refractivity contribution >= 4 is 117 Å². The Morgan fingerprint density at radius 1 is 0.492 bits per heavy atom. The summed E-state index contributed by atoms with van der Waals surface area (Å²) in [6.07, 6.45) is 0. The maximum absolute atomic E-state index is 2.68. The van der Waals surface area contributed by atoms with E-state index < -0.39 is 0 Å². The highest BCUT2D eigenvalue weighted by Crippen LogP contribution is 2.54. The number of anilines is 3. The van der Waals surface area contributed by atoms with Crippen LogP contribution in [0.25, 0.3) is 81.7 Å². The minimum absolute atomic E-state index is 0.0600. The number of aromatic nitrogens is 1. The molecule has 10 aromatic carbocycles. The summed E-state index contributed by atoms with van der Waals surface area (Å²) in [6.45, 7) is 4.75. The Hall–Kier alpha value is -6.75. The van der Waals surface area contributed by atoms with E-state index in [1.807, 2.05) is 11.8 Å². The monoisotopic (exact) mass is 766 g/mol. The molecule has 274 valence electrons. The van der Waals surface area contributed by atoms with Crippen LogP contribution in [-0.2, 0) is 0 Å². The van der Waals surface area contributed by atoms with Crippen molar-refractivity contribution in [3.8, 4) is 16.8 Å². The Bertz CT molecular complexity index is 3700. The zero-order valence-corrected chi connectivity index (χ0v) is 33.4. The molecule has 0 saturated heterocycles. The molecule has 0 radical (unpaired) electrons. The van der Waals surface area contributed by atoms with Gasteiger partial charge in [-0.2, -0.15) is 0 Å². The van der Waals surface area contributed by atoms with E-state index in [0.717, 1.165) is 0 Å². The summed E-state index contributed by atoms with van der Waals surface area (Å²) in [5.74, 6) is 0.345. The Kier molecular flexibility index (Phi) is 6.26. The molecule has 4 heterocycles. The Balaban J connectivity index is 1.23. The summed E-state index contributed by atoms with van der Waals surface area (Å²) in [5.41, 5.74) is 15.8. The van der Waals surface area contributed by atoms with Gasteiger partial charge in [0.2, 0.25) is 0 Å². The smallest absolute Gasteiger partial charge is 0.252 e. The first-order valence-corrected chi connectivity index (χ1v) is 21.6. The highest BCUT2D eigenvalue weighted by atomic mass is 32.2. The average Bonchev–Trinajstić information content (AvgIpc) is 3.63. The van der Waals surface area contributed by atoms with E-state index in [2.05, 4.69) is 193 Å². The highest BCUT2D eigenvalue weighted by Gasteiger charge is 2.45. The van der Waals surface area contributed by atoms with Gasteiger partial charge in [0.05, 0.1) is 22.4 Å². The number of para-hydroxylation sites is 2. The van der Waals surface area contributed by atoms with Gasteiger partial charge in [-0.15, -0.1) is 0 Å². The number of nitrogens with zero attached hydrogens (tertiary/aromatic N) is 2. The van der Waals surface area contributed by atoms with Gasteiger partial charge in [0.25, 0.3) is 6.71 Å². The fourth-order valence-corrected chi connectivity index (χ4v) is 12.3. The maximum atomic E-state index is 2.68. The van der Waals surface area contributed by atoms with Crippen molar-refractivity contribution in [2.24, 2.45) is 0 Å². The standard InChI is InChI=1S/C55H35BN2S/c1-31(2)34-28-47-53-48(29-34)58-46-27-33(36-20-11-14-32-13-3-4-15-35(32)36)25-26-41(46)52-51-40-19-8-7-17-38(40)37-16-5-6-18-39(37)42(51)30-44(55(52)58)56(53)43-21-12-24-50-54(43)57(47)45-22-9-10-23-49(45)59-50/h3-31H,1-2H3. The molecular weight excluding hydrogens is 731 g/mol. The molecule has 0 unspecified atom stereocenters. The van der Waals surface area contributed by atoms with Crippen LogP contribution < -0.4 is 21.3 Å². The van der Waals surface area contributed by atoms with Crippen LogP contribution in [0.2, 0.25) is 0 Å². The molecule has 0 aliphatic carbocycles. The highest BCUT2D eigenvalue weighted by molar-refractivity contribution is 7.99. The lowest BCUT2D eigenvalue weighted by Gasteiger charge is -2.44. The molecule has 11 aromatic rings. The summed E-state index contributed by atoms with van der Waals surface area (Å²) >= 11 is 1.91. The van der Waals surface area contributed by atoms with Gasteiger partial charge >= 0.3 is 0 Å². The molecule has 0 N–H and O–H groups in total. The van der Waals surface area contributed by atoms with E-state index in [1.54, 1.807) is 0 Å². The van der Waals surface area contributed by atoms with Gasteiger partial charge in [-0.05, 0) is 113 Å². The predicted molar refractivity (Wildman–Crippen MR) is 254 cm³/mol. The molecule has 4 heteroatoms. The molecule has 0 saturated carbocycles. The second-order valence-electron chi connectivity index (χ2n) is 17.0. The fraction of sp³-hybridized carbons (Fsp3) is 0.0545. The number of benzene rings is 10. The summed E-state index contributed by atoms with van der Waals surface area (Å²) in [4.78, 5) is 5.23. The van der Waals surface area contributed by atoms with Crippen molar-refractivity contribution < 1.29 is 0 Å². The third-order valence-electron chi connectivity index (χ3n) is 13.7. The minimum atomic E-state index is 0.0600. The van der Waals surface area contributed by atoms with Crippen molar-refractivity contribution in [3.63, 3.8) is 0 Å². The lowest BCUT2D eigenvalue weighted by Crippen LogP contribution is -2.60. The third kappa shape index (κ3) is 4.10. The van der Waals surface area contributed by atoms with Gasteiger partial charge in [0.15, 0.2) is 0 Å². The normalized spacial score (nSPS) is 13.6. The zero-order chi connectivity index (χ0) is 38.7. The van der Waals surface area contributed by atoms with Gasteiger partial charge in [-0.1, -0.05) is 159 Å². The first-order chi connectivity index (χ1) is 29.1. The van der Waals surface area contributed by atoms with E-state index in [0.29, 0.717) is 5.92 Å². The SMILES string of the molecule is CC(C)c1cc2c3c(c1)-n1c4cc(-c5cccc6ccccc56)ccc4c4c5c6ccccc6c6ccccc6c5cc(c41)B3c1cccc3c1N2c1ccccc1S3. The van der Waals surface area contributed by atoms with Gasteiger partial charge in [-0.3, -0.25) is 0 Å². The van der Waals surface area contributed by atoms with Gasteiger partial charge in [0, 0.05) is 37.3 Å². The second kappa shape index (κ2) is 11.5. The Labute approximate surface area is 346 Å². The zero-order valence-electron chi connectivity index (χ0n) is 32.6. The molecule has 0 spiro atoms. The molecule has 0 fully saturated rings. The van der Waals surface area contributed by atoms with Crippen LogP contribution in [0.3, 0.4) is 0 Å². The molecule has 59 heavy (non-hydrogen) atoms. The van der Waals surface area contributed by atoms with E-state index in [9.17, 15) is 0 Å². The van der Waals surface area contributed by atoms with Crippen LogP contribution in [0.4, 0.5) is 17.1 Å². The van der Waals surface area contributed by atoms with Crippen LogP contribution in [-0.4, -0.2) is 11.3 Å². The summed E-state index contributed by atoms with van der Waals surface area (Å²) < 4.78 is 2.68. The molecule has 1 aromatic heterocycles. The summed E-state index contributed by atoms with van der Waals surface area (Å²) in [7, 11) is 0. The summed E-state index contributed by atoms with van der Waals surface area (Å²) in [6, 6.07) is 64.7. The lowest BCUT2D eigenvalue weighted by atomic mass is 9.33. The van der Waals surface area contributed by atoms with Crippen molar-refractivity contribution in [1.29, 1.82) is 0 Å². The van der Waals surface area contributed by atoms with Crippen molar-refractivity contribution in [2.75, 3.05) is 4.90 Å². The quantitative estimate of drug-likeness (QED) is 0.128. The van der Waals surface area contributed by atoms with Crippen molar-refractivity contribution in [1.82, 2.24) is 4.57 Å². The van der Waals surface area contributed by atoms with Crippen LogP contribution in [0.15, 0.2) is 180 Å². The molecule has 0 amide bonds.